The monoisotopic (exact) mass is 388 g/mol. The van der Waals surface area contributed by atoms with Crippen molar-refractivity contribution >= 4 is 16.9 Å². The maximum absolute atomic E-state index is 12.6. The maximum atomic E-state index is 12.6. The molecule has 1 amide bonds. The largest absolute Gasteiger partial charge is 0.351 e. The molecular formula is C24H28N4O. The third-order valence-corrected chi connectivity index (χ3v) is 6.48. The van der Waals surface area contributed by atoms with Crippen LogP contribution in [0.1, 0.15) is 53.2 Å². The van der Waals surface area contributed by atoms with Gasteiger partial charge in [-0.15, -0.1) is 0 Å². The molecule has 0 unspecified atom stereocenters. The Kier molecular flexibility index (Phi) is 5.06. The summed E-state index contributed by atoms with van der Waals surface area (Å²) in [4.78, 5) is 19.6. The first kappa shape index (κ1) is 18.4. The number of imidazole rings is 1. The Morgan fingerprint density at radius 3 is 2.79 bits per heavy atom. The molecule has 5 heteroatoms. The Hall–Kier alpha value is -2.66. The smallest absolute Gasteiger partial charge is 0.251 e. The van der Waals surface area contributed by atoms with Crippen LogP contribution >= 0.6 is 0 Å². The molecule has 2 aromatic carbocycles. The zero-order valence-corrected chi connectivity index (χ0v) is 16.8. The molecule has 1 fully saturated rings. The van der Waals surface area contributed by atoms with E-state index in [1.54, 1.807) is 0 Å². The molecule has 0 saturated heterocycles. The lowest BCUT2D eigenvalue weighted by molar-refractivity contribution is 0.0947. The van der Waals surface area contributed by atoms with E-state index < -0.39 is 0 Å². The molecule has 5 rings (SSSR count). The van der Waals surface area contributed by atoms with Crippen molar-refractivity contribution in [2.24, 2.45) is 0 Å². The van der Waals surface area contributed by atoms with Gasteiger partial charge < -0.3 is 9.88 Å². The lowest BCUT2D eigenvalue weighted by Crippen LogP contribution is -2.37. The summed E-state index contributed by atoms with van der Waals surface area (Å²) < 4.78 is 2.29. The van der Waals surface area contributed by atoms with Gasteiger partial charge in [0.25, 0.3) is 5.91 Å². The summed E-state index contributed by atoms with van der Waals surface area (Å²) in [5.74, 6) is -0.0141. The van der Waals surface area contributed by atoms with Gasteiger partial charge in [-0.2, -0.15) is 0 Å². The first-order valence-electron chi connectivity index (χ1n) is 10.8. The number of aromatic nitrogens is 2. The molecule has 29 heavy (non-hydrogen) atoms. The fourth-order valence-corrected chi connectivity index (χ4v) is 4.82. The first-order valence-corrected chi connectivity index (χ1v) is 10.8. The van der Waals surface area contributed by atoms with Crippen molar-refractivity contribution in [1.82, 2.24) is 19.8 Å². The lowest BCUT2D eigenvalue weighted by atomic mass is 10.00. The molecular weight excluding hydrogens is 360 g/mol. The van der Waals surface area contributed by atoms with Crippen molar-refractivity contribution in [3.05, 3.63) is 65.5 Å². The molecule has 0 spiro atoms. The lowest BCUT2D eigenvalue weighted by Gasteiger charge is -2.28. The van der Waals surface area contributed by atoms with Gasteiger partial charge in [-0.05, 0) is 48.6 Å². The predicted octanol–water partition coefficient (Wildman–Crippen LogP) is 3.94. The Morgan fingerprint density at radius 1 is 1.10 bits per heavy atom. The molecule has 1 aromatic heterocycles. The molecule has 0 atom stereocenters. The number of hydrogen-bond acceptors (Lipinski definition) is 3. The van der Waals surface area contributed by atoms with Crippen LogP contribution in [0.2, 0.25) is 0 Å². The number of nitrogens with zero attached hydrogens (tertiary/aromatic N) is 3. The zero-order chi connectivity index (χ0) is 19.6. The highest BCUT2D eigenvalue weighted by Crippen LogP contribution is 2.32. The quantitative estimate of drug-likeness (QED) is 0.720. The number of carbonyl (C=O) groups is 1. The maximum Gasteiger partial charge on any atom is 0.251 e. The van der Waals surface area contributed by atoms with Gasteiger partial charge in [0.05, 0.1) is 17.4 Å². The van der Waals surface area contributed by atoms with E-state index in [-0.39, 0.29) is 5.91 Å². The van der Waals surface area contributed by atoms with Gasteiger partial charge in [-0.1, -0.05) is 37.1 Å². The summed E-state index contributed by atoms with van der Waals surface area (Å²) in [6.07, 6.45) is 8.09. The Morgan fingerprint density at radius 2 is 1.93 bits per heavy atom. The molecule has 5 nitrogen and oxygen atoms in total. The SMILES string of the molecule is O=C(NCCN1CCc2ccccc2C1)c1ccc2c(c1)ncn2C1CCCC1. The van der Waals surface area contributed by atoms with E-state index in [9.17, 15) is 4.79 Å². The standard InChI is InChI=1S/C24H28N4O/c29-24(25-12-14-27-13-11-18-5-1-2-6-20(18)16-27)19-9-10-23-22(15-19)26-17-28(23)21-7-3-4-8-21/h1-2,5-6,9-10,15,17,21H,3-4,7-8,11-14,16H2,(H,25,29). The zero-order valence-electron chi connectivity index (χ0n) is 16.8. The van der Waals surface area contributed by atoms with Crippen LogP contribution in [0, 0.1) is 0 Å². The molecule has 3 aromatic rings. The van der Waals surface area contributed by atoms with Crippen molar-refractivity contribution < 1.29 is 4.79 Å². The van der Waals surface area contributed by atoms with Crippen LogP contribution < -0.4 is 5.32 Å². The second-order valence-corrected chi connectivity index (χ2v) is 8.34. The van der Waals surface area contributed by atoms with E-state index in [2.05, 4.69) is 50.1 Å². The molecule has 2 heterocycles. The highest BCUT2D eigenvalue weighted by Gasteiger charge is 2.19. The van der Waals surface area contributed by atoms with Crippen LogP contribution in [0.25, 0.3) is 11.0 Å². The third-order valence-electron chi connectivity index (χ3n) is 6.48. The molecule has 0 bridgehead atoms. The van der Waals surface area contributed by atoms with E-state index in [1.807, 2.05) is 18.5 Å². The highest BCUT2D eigenvalue weighted by molar-refractivity contribution is 5.97. The summed E-state index contributed by atoms with van der Waals surface area (Å²) >= 11 is 0. The van der Waals surface area contributed by atoms with Crippen LogP contribution in [0.15, 0.2) is 48.8 Å². The number of rotatable bonds is 5. The summed E-state index contributed by atoms with van der Waals surface area (Å²) in [6.45, 7) is 3.56. The Balaban J connectivity index is 1.18. The van der Waals surface area contributed by atoms with Crippen molar-refractivity contribution in [3.8, 4) is 0 Å². The van der Waals surface area contributed by atoms with Crippen molar-refractivity contribution in [1.29, 1.82) is 0 Å². The summed E-state index contributed by atoms with van der Waals surface area (Å²) in [7, 11) is 0. The average Bonchev–Trinajstić information content (AvgIpc) is 3.42. The van der Waals surface area contributed by atoms with Crippen LogP contribution in [0.4, 0.5) is 0 Å². The fraction of sp³-hybridized carbons (Fsp3) is 0.417. The molecule has 2 aliphatic rings. The van der Waals surface area contributed by atoms with E-state index in [1.165, 1.54) is 36.8 Å². The van der Waals surface area contributed by atoms with Gasteiger partial charge in [0.1, 0.15) is 0 Å². The van der Waals surface area contributed by atoms with Gasteiger partial charge in [0.2, 0.25) is 0 Å². The van der Waals surface area contributed by atoms with E-state index in [4.69, 9.17) is 0 Å². The minimum absolute atomic E-state index is 0.0141. The fourth-order valence-electron chi connectivity index (χ4n) is 4.82. The number of carbonyl (C=O) groups excluding carboxylic acids is 1. The van der Waals surface area contributed by atoms with Crippen LogP contribution in [0.5, 0.6) is 0 Å². The van der Waals surface area contributed by atoms with Crippen molar-refractivity contribution in [2.75, 3.05) is 19.6 Å². The molecule has 1 N–H and O–H groups in total. The van der Waals surface area contributed by atoms with Crippen molar-refractivity contribution in [3.63, 3.8) is 0 Å². The number of hydrogen-bond donors (Lipinski definition) is 1. The molecule has 0 radical (unpaired) electrons. The van der Waals surface area contributed by atoms with Crippen LogP contribution in [0.3, 0.4) is 0 Å². The van der Waals surface area contributed by atoms with Crippen molar-refractivity contribution in [2.45, 2.75) is 44.7 Å². The van der Waals surface area contributed by atoms with Gasteiger partial charge >= 0.3 is 0 Å². The third kappa shape index (κ3) is 3.79. The summed E-state index contributed by atoms with van der Waals surface area (Å²) in [6, 6.07) is 15.1. The predicted molar refractivity (Wildman–Crippen MR) is 115 cm³/mol. The van der Waals surface area contributed by atoms with Crippen LogP contribution in [-0.2, 0) is 13.0 Å². The molecule has 1 aliphatic heterocycles. The average molecular weight is 389 g/mol. The van der Waals surface area contributed by atoms with Gasteiger partial charge in [0, 0.05) is 37.8 Å². The number of nitrogens with one attached hydrogen (secondary N) is 1. The highest BCUT2D eigenvalue weighted by atomic mass is 16.1. The molecule has 1 aliphatic carbocycles. The minimum atomic E-state index is -0.0141. The van der Waals surface area contributed by atoms with Gasteiger partial charge in [-0.3, -0.25) is 9.69 Å². The van der Waals surface area contributed by atoms with E-state index in [0.29, 0.717) is 18.2 Å². The van der Waals surface area contributed by atoms with E-state index in [0.717, 1.165) is 37.1 Å². The first-order chi connectivity index (χ1) is 14.3. The molecule has 150 valence electrons. The number of fused-ring (bicyclic) bond motifs is 2. The minimum Gasteiger partial charge on any atom is -0.351 e. The number of amides is 1. The second-order valence-electron chi connectivity index (χ2n) is 8.34. The Bertz CT molecular complexity index is 1020. The Labute approximate surface area is 171 Å². The summed E-state index contributed by atoms with van der Waals surface area (Å²) in [5, 5.41) is 3.08. The van der Waals surface area contributed by atoms with Gasteiger partial charge in [-0.25, -0.2) is 4.98 Å². The van der Waals surface area contributed by atoms with Gasteiger partial charge in [0.15, 0.2) is 0 Å². The topological polar surface area (TPSA) is 50.2 Å². The van der Waals surface area contributed by atoms with E-state index >= 15 is 0 Å². The second kappa shape index (κ2) is 7.99. The summed E-state index contributed by atoms with van der Waals surface area (Å²) in [5.41, 5.74) is 5.61. The normalized spacial score (nSPS) is 17.5. The van der Waals surface area contributed by atoms with Crippen LogP contribution in [-0.4, -0.2) is 40.0 Å². The molecule has 1 saturated carbocycles. The number of benzene rings is 2.